The third kappa shape index (κ3) is 2.53. The zero-order valence-corrected chi connectivity index (χ0v) is 9.79. The highest BCUT2D eigenvalue weighted by Gasteiger charge is 2.45. The van der Waals surface area contributed by atoms with Gasteiger partial charge in [-0.2, -0.15) is 0 Å². The lowest BCUT2D eigenvalue weighted by Gasteiger charge is -2.23. The molecule has 2 aromatic carbocycles. The number of nitro groups is 1. The second kappa shape index (κ2) is 4.89. The van der Waals surface area contributed by atoms with E-state index in [2.05, 4.69) is 0 Å². The first-order valence-electron chi connectivity index (χ1n) is 5.55. The molecule has 0 aliphatic rings. The lowest BCUT2D eigenvalue weighted by atomic mass is 9.92. The molecular weight excluding hydrogens is 256 g/mol. The van der Waals surface area contributed by atoms with E-state index < -0.39 is 23.5 Å². The maximum Gasteiger partial charge on any atom is 0.277 e. The van der Waals surface area contributed by atoms with Crippen molar-refractivity contribution in [2.24, 2.45) is 0 Å². The Morgan fingerprint density at radius 1 is 1.21 bits per heavy atom. The number of aliphatic hydroxyl groups is 1. The van der Waals surface area contributed by atoms with E-state index in [9.17, 15) is 24.0 Å². The first-order chi connectivity index (χ1) is 8.93. The quantitative estimate of drug-likeness (QED) is 0.684. The van der Waals surface area contributed by atoms with Crippen LogP contribution in [0, 0.1) is 10.1 Å². The lowest BCUT2D eigenvalue weighted by Crippen LogP contribution is -2.41. The van der Waals surface area contributed by atoms with Gasteiger partial charge in [0.2, 0.25) is 12.1 Å². The minimum absolute atomic E-state index is 0.155. The molecule has 2 rings (SSSR count). The van der Waals surface area contributed by atoms with E-state index >= 15 is 0 Å². The Hall–Kier alpha value is -2.08. The zero-order chi connectivity index (χ0) is 14.0. The monoisotopic (exact) mass is 267 g/mol. The Morgan fingerprint density at radius 3 is 2.42 bits per heavy atom. The number of rotatable bonds is 4. The van der Waals surface area contributed by atoms with Crippen LogP contribution in [-0.4, -0.2) is 23.0 Å². The van der Waals surface area contributed by atoms with E-state index in [1.165, 1.54) is 12.1 Å². The van der Waals surface area contributed by atoms with Crippen LogP contribution in [0.25, 0.3) is 10.8 Å². The molecule has 0 heterocycles. The molecule has 0 saturated heterocycles. The number of fused-ring (bicyclic) bond motifs is 1. The molecule has 0 spiro atoms. The topological polar surface area (TPSA) is 63.4 Å². The summed E-state index contributed by atoms with van der Waals surface area (Å²) in [6.07, 6.45) is -3.24. The third-order valence-corrected chi connectivity index (χ3v) is 2.98. The molecule has 0 bridgehead atoms. The van der Waals surface area contributed by atoms with Gasteiger partial charge >= 0.3 is 0 Å². The molecule has 1 atom stereocenters. The highest BCUT2D eigenvalue weighted by atomic mass is 19.3. The van der Waals surface area contributed by atoms with Crippen molar-refractivity contribution < 1.29 is 18.8 Å². The van der Waals surface area contributed by atoms with E-state index in [0.717, 1.165) is 5.39 Å². The second-order valence-electron chi connectivity index (χ2n) is 4.28. The maximum absolute atomic E-state index is 13.0. The largest absolute Gasteiger partial charge is 0.374 e. The van der Waals surface area contributed by atoms with Crippen LogP contribution >= 0.6 is 0 Å². The van der Waals surface area contributed by atoms with E-state index in [1.54, 1.807) is 30.3 Å². The number of hydrogen-bond donors (Lipinski definition) is 1. The highest BCUT2D eigenvalue weighted by Crippen LogP contribution is 2.31. The van der Waals surface area contributed by atoms with Gasteiger partial charge in [0, 0.05) is 4.92 Å². The summed E-state index contributed by atoms with van der Waals surface area (Å²) in [5.74, 6) is 0. The molecule has 6 heteroatoms. The SMILES string of the molecule is O=[N+]([O-])CC(O)(c1ccc2ccccc2c1)C(F)F. The average molecular weight is 267 g/mol. The van der Waals surface area contributed by atoms with Crippen LogP contribution in [-0.2, 0) is 5.60 Å². The summed E-state index contributed by atoms with van der Waals surface area (Å²) in [7, 11) is 0. The lowest BCUT2D eigenvalue weighted by molar-refractivity contribution is -0.508. The van der Waals surface area contributed by atoms with Crippen LogP contribution in [0.2, 0.25) is 0 Å². The van der Waals surface area contributed by atoms with Crippen LogP contribution in [0.4, 0.5) is 8.78 Å². The summed E-state index contributed by atoms with van der Waals surface area (Å²) in [6.45, 7) is -1.23. The van der Waals surface area contributed by atoms with Crippen molar-refractivity contribution in [3.8, 4) is 0 Å². The smallest absolute Gasteiger partial charge is 0.277 e. The average Bonchev–Trinajstić information content (AvgIpc) is 2.37. The van der Waals surface area contributed by atoms with Gasteiger partial charge in [0.25, 0.3) is 6.43 Å². The van der Waals surface area contributed by atoms with Crippen molar-refractivity contribution in [1.82, 2.24) is 0 Å². The Labute approximate surface area is 107 Å². The van der Waals surface area contributed by atoms with Gasteiger partial charge in [-0.3, -0.25) is 10.1 Å². The summed E-state index contributed by atoms with van der Waals surface area (Å²) < 4.78 is 26.0. The zero-order valence-electron chi connectivity index (χ0n) is 9.79. The number of nitrogens with zero attached hydrogens (tertiary/aromatic N) is 1. The van der Waals surface area contributed by atoms with Crippen molar-refractivity contribution in [2.75, 3.05) is 6.54 Å². The molecule has 19 heavy (non-hydrogen) atoms. The molecule has 100 valence electrons. The predicted octanol–water partition coefficient (Wildman–Crippen LogP) is 2.57. The molecule has 0 radical (unpaired) electrons. The molecule has 0 amide bonds. The Kier molecular flexibility index (Phi) is 3.44. The Balaban J connectivity index is 2.53. The first kappa shape index (κ1) is 13.4. The molecule has 1 unspecified atom stereocenters. The van der Waals surface area contributed by atoms with Gasteiger partial charge in [-0.1, -0.05) is 36.4 Å². The van der Waals surface area contributed by atoms with Gasteiger partial charge < -0.3 is 5.11 Å². The van der Waals surface area contributed by atoms with Crippen LogP contribution in [0.3, 0.4) is 0 Å². The van der Waals surface area contributed by atoms with Crippen LogP contribution < -0.4 is 0 Å². The molecule has 0 aromatic heterocycles. The van der Waals surface area contributed by atoms with E-state index in [1.807, 2.05) is 0 Å². The van der Waals surface area contributed by atoms with Gasteiger partial charge in [-0.25, -0.2) is 8.78 Å². The molecule has 0 aliphatic heterocycles. The van der Waals surface area contributed by atoms with Crippen LogP contribution in [0.1, 0.15) is 5.56 Å². The number of halogens is 2. The molecular formula is C13H11F2NO3. The van der Waals surface area contributed by atoms with Gasteiger partial charge in [-0.15, -0.1) is 0 Å². The van der Waals surface area contributed by atoms with Crippen molar-refractivity contribution in [3.63, 3.8) is 0 Å². The molecule has 0 saturated carbocycles. The Morgan fingerprint density at radius 2 is 1.84 bits per heavy atom. The summed E-state index contributed by atoms with van der Waals surface area (Å²) in [5, 5.41) is 21.8. The number of alkyl halides is 2. The summed E-state index contributed by atoms with van der Waals surface area (Å²) in [4.78, 5) is 9.53. The van der Waals surface area contributed by atoms with Crippen molar-refractivity contribution in [2.45, 2.75) is 12.0 Å². The highest BCUT2D eigenvalue weighted by molar-refractivity contribution is 5.83. The molecule has 0 aliphatic carbocycles. The summed E-state index contributed by atoms with van der Waals surface area (Å²) >= 11 is 0. The van der Waals surface area contributed by atoms with Crippen molar-refractivity contribution >= 4 is 10.8 Å². The minimum atomic E-state index is -3.24. The van der Waals surface area contributed by atoms with E-state index in [-0.39, 0.29) is 5.56 Å². The van der Waals surface area contributed by atoms with E-state index in [4.69, 9.17) is 0 Å². The minimum Gasteiger partial charge on any atom is -0.374 e. The predicted molar refractivity (Wildman–Crippen MR) is 65.7 cm³/mol. The third-order valence-electron chi connectivity index (χ3n) is 2.98. The van der Waals surface area contributed by atoms with Gasteiger partial charge in [0.15, 0.2) is 0 Å². The first-order valence-corrected chi connectivity index (χ1v) is 5.55. The standard InChI is InChI=1S/C13H11F2NO3/c14-12(15)13(17,8-16(18)19)11-6-5-9-3-1-2-4-10(9)7-11/h1-7,12,17H,8H2. The fourth-order valence-electron chi connectivity index (χ4n) is 1.94. The van der Waals surface area contributed by atoms with Crippen molar-refractivity contribution in [3.05, 3.63) is 58.1 Å². The fourth-order valence-corrected chi connectivity index (χ4v) is 1.94. The fraction of sp³-hybridized carbons (Fsp3) is 0.231. The summed E-state index contributed by atoms with van der Waals surface area (Å²) in [5.41, 5.74) is -2.93. The van der Waals surface area contributed by atoms with E-state index in [0.29, 0.717) is 5.39 Å². The maximum atomic E-state index is 13.0. The second-order valence-corrected chi connectivity index (χ2v) is 4.28. The van der Waals surface area contributed by atoms with Crippen molar-refractivity contribution in [1.29, 1.82) is 0 Å². The molecule has 4 nitrogen and oxygen atoms in total. The molecule has 2 aromatic rings. The molecule has 1 N–H and O–H groups in total. The van der Waals surface area contributed by atoms with Gasteiger partial charge in [0.05, 0.1) is 0 Å². The summed E-state index contributed by atoms with van der Waals surface area (Å²) in [6, 6.07) is 11.2. The van der Waals surface area contributed by atoms with Gasteiger partial charge in [-0.05, 0) is 22.4 Å². The normalized spacial score (nSPS) is 14.5. The number of benzene rings is 2. The van der Waals surface area contributed by atoms with Crippen LogP contribution in [0.15, 0.2) is 42.5 Å². The molecule has 0 fully saturated rings. The van der Waals surface area contributed by atoms with Gasteiger partial charge in [0.1, 0.15) is 0 Å². The number of hydrogen-bond acceptors (Lipinski definition) is 3. The van der Waals surface area contributed by atoms with Crippen LogP contribution in [0.5, 0.6) is 0 Å². The Bertz CT molecular complexity index is 618.